The van der Waals surface area contributed by atoms with Crippen LogP contribution in [0.5, 0.6) is 0 Å². The largest absolute Gasteiger partial charge is 0.444 e. The Bertz CT molecular complexity index is 523. The SMILES string of the molecule is CC(C)(C)OC(=O)N1CCc2c(cccc2NCCCN)C1. The van der Waals surface area contributed by atoms with E-state index >= 15 is 0 Å². The standard InChI is InChI=1S/C17H27N3O2/c1-17(2,3)22-16(21)20-11-8-14-13(12-20)6-4-7-15(14)19-10-5-9-18/h4,6-7,19H,5,8-12,18H2,1-3H3. The van der Waals surface area contributed by atoms with Crippen LogP contribution in [0.4, 0.5) is 10.5 Å². The predicted octanol–water partition coefficient (Wildman–Crippen LogP) is 2.74. The van der Waals surface area contributed by atoms with Gasteiger partial charge < -0.3 is 20.7 Å². The molecule has 0 fully saturated rings. The molecule has 0 saturated heterocycles. The fourth-order valence-corrected chi connectivity index (χ4v) is 2.58. The number of nitrogens with one attached hydrogen (secondary N) is 1. The number of nitrogens with two attached hydrogens (primary N) is 1. The van der Waals surface area contributed by atoms with Gasteiger partial charge in [-0.2, -0.15) is 0 Å². The van der Waals surface area contributed by atoms with Crippen LogP contribution in [0.2, 0.25) is 0 Å². The summed E-state index contributed by atoms with van der Waals surface area (Å²) in [7, 11) is 0. The summed E-state index contributed by atoms with van der Waals surface area (Å²) in [6, 6.07) is 6.21. The molecular weight excluding hydrogens is 278 g/mol. The lowest BCUT2D eigenvalue weighted by Crippen LogP contribution is -2.40. The van der Waals surface area contributed by atoms with Gasteiger partial charge in [0.05, 0.1) is 0 Å². The van der Waals surface area contributed by atoms with Crippen molar-refractivity contribution in [3.8, 4) is 0 Å². The van der Waals surface area contributed by atoms with Gasteiger partial charge in [0.2, 0.25) is 0 Å². The molecular formula is C17H27N3O2. The van der Waals surface area contributed by atoms with E-state index in [-0.39, 0.29) is 6.09 Å². The second kappa shape index (κ2) is 7.01. The van der Waals surface area contributed by atoms with Crippen molar-refractivity contribution in [1.82, 2.24) is 4.90 Å². The molecule has 1 heterocycles. The van der Waals surface area contributed by atoms with Gasteiger partial charge in [0, 0.05) is 25.3 Å². The van der Waals surface area contributed by atoms with E-state index in [2.05, 4.69) is 17.4 Å². The highest BCUT2D eigenvalue weighted by Crippen LogP contribution is 2.27. The van der Waals surface area contributed by atoms with Crippen molar-refractivity contribution in [3.63, 3.8) is 0 Å². The summed E-state index contributed by atoms with van der Waals surface area (Å²) in [5.74, 6) is 0. The van der Waals surface area contributed by atoms with Crippen LogP contribution in [-0.2, 0) is 17.7 Å². The summed E-state index contributed by atoms with van der Waals surface area (Å²) in [6.07, 6.45) is 1.56. The number of ether oxygens (including phenoxy) is 1. The first-order valence-corrected chi connectivity index (χ1v) is 7.93. The van der Waals surface area contributed by atoms with Crippen molar-refractivity contribution >= 4 is 11.8 Å². The van der Waals surface area contributed by atoms with Crippen molar-refractivity contribution in [1.29, 1.82) is 0 Å². The third-order valence-electron chi connectivity index (χ3n) is 3.61. The number of carbonyl (C=O) groups is 1. The number of anilines is 1. The smallest absolute Gasteiger partial charge is 0.410 e. The maximum atomic E-state index is 12.2. The second-order valence-electron chi connectivity index (χ2n) is 6.66. The summed E-state index contributed by atoms with van der Waals surface area (Å²) in [5.41, 5.74) is 8.74. The number of carbonyl (C=O) groups excluding carboxylic acids is 1. The van der Waals surface area contributed by atoms with Crippen LogP contribution in [0.25, 0.3) is 0 Å². The summed E-state index contributed by atoms with van der Waals surface area (Å²) >= 11 is 0. The Balaban J connectivity index is 2.05. The van der Waals surface area contributed by atoms with Crippen molar-refractivity contribution in [2.75, 3.05) is 25.0 Å². The van der Waals surface area contributed by atoms with Crippen LogP contribution in [0, 0.1) is 0 Å². The van der Waals surface area contributed by atoms with E-state index in [1.54, 1.807) is 4.90 Å². The average molecular weight is 305 g/mol. The molecule has 0 aliphatic carbocycles. The molecule has 1 amide bonds. The van der Waals surface area contributed by atoms with Crippen molar-refractivity contribution < 1.29 is 9.53 Å². The Kier molecular flexibility index (Phi) is 5.29. The predicted molar refractivity (Wildman–Crippen MR) is 89.0 cm³/mol. The zero-order valence-electron chi connectivity index (χ0n) is 13.8. The van der Waals surface area contributed by atoms with Crippen LogP contribution in [-0.4, -0.2) is 36.2 Å². The molecule has 0 saturated carbocycles. The van der Waals surface area contributed by atoms with E-state index in [1.165, 1.54) is 11.1 Å². The molecule has 1 aliphatic rings. The molecule has 5 nitrogen and oxygen atoms in total. The van der Waals surface area contributed by atoms with Crippen LogP contribution >= 0.6 is 0 Å². The summed E-state index contributed by atoms with van der Waals surface area (Å²) in [4.78, 5) is 14.0. The minimum atomic E-state index is -0.455. The maximum Gasteiger partial charge on any atom is 0.410 e. The molecule has 0 atom stereocenters. The number of hydrogen-bond donors (Lipinski definition) is 2. The molecule has 1 aromatic rings. The van der Waals surface area contributed by atoms with Gasteiger partial charge in [0.15, 0.2) is 0 Å². The van der Waals surface area contributed by atoms with Gasteiger partial charge >= 0.3 is 6.09 Å². The Labute approximate surface area is 132 Å². The number of fused-ring (bicyclic) bond motifs is 1. The van der Waals surface area contributed by atoms with Crippen molar-refractivity contribution in [2.45, 2.75) is 45.8 Å². The molecule has 2 rings (SSSR count). The van der Waals surface area contributed by atoms with E-state index in [1.807, 2.05) is 26.8 Å². The Morgan fingerprint density at radius 3 is 2.86 bits per heavy atom. The van der Waals surface area contributed by atoms with Gasteiger partial charge in [0.1, 0.15) is 5.60 Å². The Hall–Kier alpha value is -1.75. The summed E-state index contributed by atoms with van der Waals surface area (Å²) in [5, 5.41) is 3.44. The quantitative estimate of drug-likeness (QED) is 0.839. The lowest BCUT2D eigenvalue weighted by Gasteiger charge is -2.32. The lowest BCUT2D eigenvalue weighted by atomic mass is 9.98. The fraction of sp³-hybridized carbons (Fsp3) is 0.588. The van der Waals surface area contributed by atoms with Crippen molar-refractivity contribution in [2.24, 2.45) is 5.73 Å². The normalized spacial score (nSPS) is 14.5. The van der Waals surface area contributed by atoms with Crippen LogP contribution < -0.4 is 11.1 Å². The third-order valence-corrected chi connectivity index (χ3v) is 3.61. The van der Waals surface area contributed by atoms with Crippen molar-refractivity contribution in [3.05, 3.63) is 29.3 Å². The number of nitrogens with zero attached hydrogens (tertiary/aromatic N) is 1. The first kappa shape index (κ1) is 16.6. The monoisotopic (exact) mass is 305 g/mol. The van der Waals surface area contributed by atoms with Crippen LogP contribution in [0.15, 0.2) is 18.2 Å². The minimum Gasteiger partial charge on any atom is -0.444 e. The first-order chi connectivity index (χ1) is 10.4. The van der Waals surface area contributed by atoms with Gasteiger partial charge in [-0.1, -0.05) is 12.1 Å². The molecule has 3 N–H and O–H groups in total. The van der Waals surface area contributed by atoms with Gasteiger partial charge in [-0.15, -0.1) is 0 Å². The zero-order valence-corrected chi connectivity index (χ0v) is 13.8. The van der Waals surface area contributed by atoms with E-state index in [0.29, 0.717) is 19.6 Å². The molecule has 5 heteroatoms. The summed E-state index contributed by atoms with van der Waals surface area (Å²) < 4.78 is 5.46. The third kappa shape index (κ3) is 4.37. The molecule has 22 heavy (non-hydrogen) atoms. The molecule has 1 aliphatic heterocycles. The molecule has 1 aromatic carbocycles. The molecule has 0 unspecified atom stereocenters. The Morgan fingerprint density at radius 2 is 2.18 bits per heavy atom. The molecule has 0 bridgehead atoms. The average Bonchev–Trinajstić information content (AvgIpc) is 2.45. The lowest BCUT2D eigenvalue weighted by molar-refractivity contribution is 0.0224. The molecule has 0 aromatic heterocycles. The number of hydrogen-bond acceptors (Lipinski definition) is 4. The van der Waals surface area contributed by atoms with Crippen LogP contribution in [0.1, 0.15) is 38.3 Å². The van der Waals surface area contributed by atoms with E-state index in [4.69, 9.17) is 10.5 Å². The van der Waals surface area contributed by atoms with Crippen LogP contribution in [0.3, 0.4) is 0 Å². The topological polar surface area (TPSA) is 67.6 Å². The highest BCUT2D eigenvalue weighted by Gasteiger charge is 2.26. The second-order valence-corrected chi connectivity index (χ2v) is 6.66. The summed E-state index contributed by atoms with van der Waals surface area (Å²) in [6.45, 7) is 8.54. The molecule has 0 spiro atoms. The van der Waals surface area contributed by atoms with E-state index in [9.17, 15) is 4.79 Å². The zero-order chi connectivity index (χ0) is 16.2. The maximum absolute atomic E-state index is 12.2. The number of rotatable bonds is 4. The van der Waals surface area contributed by atoms with Gasteiger partial charge in [-0.3, -0.25) is 0 Å². The molecule has 122 valence electrons. The van der Waals surface area contributed by atoms with Gasteiger partial charge in [-0.05, 0) is 57.4 Å². The fourth-order valence-electron chi connectivity index (χ4n) is 2.58. The number of benzene rings is 1. The minimum absolute atomic E-state index is 0.236. The first-order valence-electron chi connectivity index (χ1n) is 7.93. The van der Waals surface area contributed by atoms with E-state index < -0.39 is 5.60 Å². The van der Waals surface area contributed by atoms with Gasteiger partial charge in [-0.25, -0.2) is 4.79 Å². The highest BCUT2D eigenvalue weighted by atomic mass is 16.6. The van der Waals surface area contributed by atoms with E-state index in [0.717, 1.165) is 25.1 Å². The highest BCUT2D eigenvalue weighted by molar-refractivity contribution is 5.69. The Morgan fingerprint density at radius 1 is 1.41 bits per heavy atom. The van der Waals surface area contributed by atoms with Gasteiger partial charge in [0.25, 0.3) is 0 Å². The number of amides is 1. The molecule has 0 radical (unpaired) electrons.